The normalized spacial score (nSPS) is 13.0. The van der Waals surface area contributed by atoms with Gasteiger partial charge in [0.15, 0.2) is 11.5 Å². The predicted octanol–water partition coefficient (Wildman–Crippen LogP) is 8.03. The Labute approximate surface area is 199 Å². The lowest BCUT2D eigenvalue weighted by Gasteiger charge is -2.12. The second kappa shape index (κ2) is 10.2. The summed E-state index contributed by atoms with van der Waals surface area (Å²) in [5, 5.41) is 19.4. The Bertz CT molecular complexity index is 1290. The zero-order valence-corrected chi connectivity index (χ0v) is 18.1. The molecule has 5 nitrogen and oxygen atoms in total. The number of azo groups is 1. The maximum atomic E-state index is 13.1. The third-order valence-corrected chi connectivity index (χ3v) is 4.78. The first-order valence-electron chi connectivity index (χ1n) is 9.62. The number of aliphatic hydroxyl groups is 1. The second-order valence-electron chi connectivity index (χ2n) is 6.96. The molecule has 0 saturated carbocycles. The van der Waals surface area contributed by atoms with Crippen LogP contribution in [0.3, 0.4) is 0 Å². The highest BCUT2D eigenvalue weighted by molar-refractivity contribution is 6.31. The van der Waals surface area contributed by atoms with E-state index in [1.807, 2.05) is 0 Å². The molecule has 0 spiro atoms. The molecule has 0 unspecified atom stereocenters. The number of hydrogen-bond acceptors (Lipinski definition) is 4. The summed E-state index contributed by atoms with van der Waals surface area (Å²) >= 11 is 5.58. The average Bonchev–Trinajstić information content (AvgIpc) is 2.80. The minimum atomic E-state index is -4.80. The lowest BCUT2D eigenvalue weighted by Crippen LogP contribution is -2.16. The fraction of sp³-hybridized carbons (Fsp3) is 0.0870. The first kappa shape index (κ1) is 25.8. The van der Waals surface area contributed by atoms with Crippen LogP contribution in [-0.2, 0) is 17.1 Å². The van der Waals surface area contributed by atoms with Crippen LogP contribution in [0.4, 0.5) is 37.7 Å². The van der Waals surface area contributed by atoms with E-state index in [0.717, 1.165) is 24.3 Å². The van der Waals surface area contributed by atoms with Gasteiger partial charge in [0.05, 0.1) is 21.8 Å². The van der Waals surface area contributed by atoms with Gasteiger partial charge in [0, 0.05) is 11.3 Å². The number of aliphatic hydroxyl groups excluding tert-OH is 1. The van der Waals surface area contributed by atoms with Crippen molar-refractivity contribution in [2.45, 2.75) is 12.4 Å². The molecular weight excluding hydrogens is 500 g/mol. The van der Waals surface area contributed by atoms with Crippen LogP contribution in [0.25, 0.3) is 5.76 Å². The van der Waals surface area contributed by atoms with E-state index in [2.05, 4.69) is 15.5 Å². The molecule has 0 radical (unpaired) electrons. The third kappa shape index (κ3) is 6.60. The average molecular weight is 514 g/mol. The monoisotopic (exact) mass is 513 g/mol. The molecule has 0 aliphatic heterocycles. The molecule has 182 valence electrons. The van der Waals surface area contributed by atoms with Crippen LogP contribution in [0.5, 0.6) is 0 Å². The van der Waals surface area contributed by atoms with E-state index in [9.17, 15) is 36.2 Å². The molecule has 3 aromatic carbocycles. The highest BCUT2D eigenvalue weighted by atomic mass is 35.5. The number of nitrogens with one attached hydrogen (secondary N) is 1. The van der Waals surface area contributed by atoms with Crippen molar-refractivity contribution in [3.63, 3.8) is 0 Å². The fourth-order valence-corrected chi connectivity index (χ4v) is 3.02. The summed E-state index contributed by atoms with van der Waals surface area (Å²) in [7, 11) is 0. The molecule has 35 heavy (non-hydrogen) atoms. The van der Waals surface area contributed by atoms with Gasteiger partial charge in [-0.15, -0.1) is 5.11 Å². The van der Waals surface area contributed by atoms with Crippen molar-refractivity contribution in [3.05, 3.63) is 100 Å². The molecule has 1 amide bonds. The Hall–Kier alpha value is -3.86. The predicted molar refractivity (Wildman–Crippen MR) is 117 cm³/mol. The fourth-order valence-electron chi connectivity index (χ4n) is 2.80. The number of rotatable bonds is 5. The Balaban J connectivity index is 2.01. The van der Waals surface area contributed by atoms with Crippen LogP contribution in [0, 0.1) is 0 Å². The Morgan fingerprint density at radius 3 is 2.17 bits per heavy atom. The van der Waals surface area contributed by atoms with Crippen molar-refractivity contribution in [3.8, 4) is 0 Å². The maximum absolute atomic E-state index is 13.1. The topological polar surface area (TPSA) is 74.0 Å². The number of nitrogens with zero attached hydrogens (tertiary/aromatic N) is 2. The summed E-state index contributed by atoms with van der Waals surface area (Å²) in [4.78, 5) is 12.8. The molecule has 3 aromatic rings. The summed E-state index contributed by atoms with van der Waals surface area (Å²) in [6, 6.07) is 13.8. The summed E-state index contributed by atoms with van der Waals surface area (Å²) in [6.07, 6.45) is -9.45. The number of halogens is 7. The Morgan fingerprint density at radius 2 is 1.54 bits per heavy atom. The first-order valence-corrected chi connectivity index (χ1v) is 10.00. The number of hydrogen-bond donors (Lipinski definition) is 2. The van der Waals surface area contributed by atoms with Gasteiger partial charge in [-0.05, 0) is 36.4 Å². The smallest absolute Gasteiger partial charge is 0.417 e. The van der Waals surface area contributed by atoms with Crippen LogP contribution >= 0.6 is 11.6 Å². The van der Waals surface area contributed by atoms with Crippen LogP contribution in [0.15, 0.2) is 88.7 Å². The Kier molecular flexibility index (Phi) is 7.49. The van der Waals surface area contributed by atoms with E-state index < -0.39 is 45.9 Å². The molecule has 0 aliphatic carbocycles. The molecule has 0 saturated heterocycles. The minimum absolute atomic E-state index is 0.104. The second-order valence-corrected chi connectivity index (χ2v) is 7.37. The van der Waals surface area contributed by atoms with Gasteiger partial charge in [0.2, 0.25) is 0 Å². The van der Waals surface area contributed by atoms with Gasteiger partial charge >= 0.3 is 12.4 Å². The van der Waals surface area contributed by atoms with E-state index >= 15 is 0 Å². The van der Waals surface area contributed by atoms with E-state index in [1.165, 1.54) is 30.3 Å². The molecule has 0 fully saturated rings. The number of carbonyl (C=O) groups excluding carboxylic acids is 1. The lowest BCUT2D eigenvalue weighted by atomic mass is 10.1. The Morgan fingerprint density at radius 1 is 0.857 bits per heavy atom. The first-order chi connectivity index (χ1) is 16.4. The largest absolute Gasteiger partial charge is 0.505 e. The van der Waals surface area contributed by atoms with E-state index in [1.54, 1.807) is 6.07 Å². The van der Waals surface area contributed by atoms with Crippen LogP contribution in [0.2, 0.25) is 5.02 Å². The molecule has 0 atom stereocenters. The third-order valence-electron chi connectivity index (χ3n) is 4.46. The number of amides is 1. The summed E-state index contributed by atoms with van der Waals surface area (Å²) in [6.45, 7) is 0. The molecule has 0 aliphatic rings. The zero-order chi connectivity index (χ0) is 25.8. The van der Waals surface area contributed by atoms with Gasteiger partial charge in [-0.2, -0.15) is 31.5 Å². The van der Waals surface area contributed by atoms with Crippen molar-refractivity contribution in [1.29, 1.82) is 0 Å². The van der Waals surface area contributed by atoms with Gasteiger partial charge in [0.1, 0.15) is 0 Å². The van der Waals surface area contributed by atoms with E-state index in [-0.39, 0.29) is 16.9 Å². The van der Waals surface area contributed by atoms with Crippen molar-refractivity contribution in [2.75, 3.05) is 5.32 Å². The van der Waals surface area contributed by atoms with E-state index in [4.69, 9.17) is 11.6 Å². The summed E-state index contributed by atoms with van der Waals surface area (Å²) in [5.41, 5.74) is -3.47. The van der Waals surface area contributed by atoms with Crippen molar-refractivity contribution >= 4 is 34.6 Å². The van der Waals surface area contributed by atoms with Crippen LogP contribution in [0.1, 0.15) is 16.7 Å². The zero-order valence-electron chi connectivity index (χ0n) is 17.3. The van der Waals surface area contributed by atoms with Gasteiger partial charge < -0.3 is 10.4 Å². The number of alkyl halides is 6. The van der Waals surface area contributed by atoms with Gasteiger partial charge in [-0.25, -0.2) is 0 Å². The van der Waals surface area contributed by atoms with Crippen molar-refractivity contribution in [2.24, 2.45) is 10.2 Å². The highest BCUT2D eigenvalue weighted by Gasteiger charge is 2.34. The molecule has 2 N–H and O–H groups in total. The van der Waals surface area contributed by atoms with E-state index in [0.29, 0.717) is 12.1 Å². The molecule has 3 rings (SSSR count). The molecular formula is C23H14ClF6N3O2. The lowest BCUT2D eigenvalue weighted by molar-refractivity contribution is -0.138. The minimum Gasteiger partial charge on any atom is -0.505 e. The maximum Gasteiger partial charge on any atom is 0.417 e. The van der Waals surface area contributed by atoms with Crippen LogP contribution in [-0.4, -0.2) is 11.0 Å². The van der Waals surface area contributed by atoms with Crippen molar-refractivity contribution in [1.82, 2.24) is 0 Å². The summed E-state index contributed by atoms with van der Waals surface area (Å²) in [5.74, 6) is -1.87. The number of anilines is 1. The quantitative estimate of drug-likeness (QED) is 0.157. The number of benzene rings is 3. The molecule has 0 aromatic heterocycles. The van der Waals surface area contributed by atoms with Crippen molar-refractivity contribution < 1.29 is 36.2 Å². The highest BCUT2D eigenvalue weighted by Crippen LogP contribution is 2.36. The van der Waals surface area contributed by atoms with Crippen LogP contribution < -0.4 is 5.32 Å². The number of carbonyl (C=O) groups is 1. The van der Waals surface area contributed by atoms with Gasteiger partial charge in [-0.3, -0.25) is 4.79 Å². The summed E-state index contributed by atoms with van der Waals surface area (Å²) < 4.78 is 78.3. The molecule has 0 bridgehead atoms. The van der Waals surface area contributed by atoms with Gasteiger partial charge in [-0.1, -0.05) is 48.0 Å². The molecule has 12 heteroatoms. The standard InChI is InChI=1S/C23H14ClF6N3O2/c24-18-10-9-15(12-17(18)23(28,29)30)31-21(35)19(20(34)13-5-2-1-3-6-13)33-32-16-8-4-7-14(11-16)22(25,26)27/h1-12,34H,(H,31,35). The molecule has 0 heterocycles. The SMILES string of the molecule is O=C(Nc1ccc(Cl)c(C(F)(F)F)c1)C(N=Nc1cccc(C(F)(F)F)c1)=C(O)c1ccccc1. The van der Waals surface area contributed by atoms with Gasteiger partial charge in [0.25, 0.3) is 5.91 Å².